The van der Waals surface area contributed by atoms with Crippen molar-refractivity contribution in [3.8, 4) is 5.75 Å². The van der Waals surface area contributed by atoms with Crippen LogP contribution in [0, 0.1) is 0 Å². The van der Waals surface area contributed by atoms with Crippen molar-refractivity contribution in [1.82, 2.24) is 5.32 Å². The van der Waals surface area contributed by atoms with Crippen LogP contribution in [0.4, 0.5) is 0 Å². The average molecular weight is 323 g/mol. The minimum absolute atomic E-state index is 0.0462. The highest BCUT2D eigenvalue weighted by atomic mass is 16.5. The number of carbonyl (C=O) groups is 3. The molecule has 7 heteroatoms. The summed E-state index contributed by atoms with van der Waals surface area (Å²) in [7, 11) is 4.05. The Bertz CT molecular complexity index is 557. The molecule has 126 valence electrons. The number of hydrogen-bond acceptors (Lipinski definition) is 6. The lowest BCUT2D eigenvalue weighted by Gasteiger charge is -2.17. The molecule has 0 unspecified atom stereocenters. The maximum Gasteiger partial charge on any atom is 0.328 e. The molecule has 1 amide bonds. The summed E-state index contributed by atoms with van der Waals surface area (Å²) < 4.78 is 14.3. The molecule has 1 N–H and O–H groups in total. The molecular formula is C16H21NO6. The fourth-order valence-corrected chi connectivity index (χ4v) is 1.95. The van der Waals surface area contributed by atoms with Crippen LogP contribution in [0.15, 0.2) is 24.3 Å². The number of rotatable bonds is 8. The average Bonchev–Trinajstić information content (AvgIpc) is 2.58. The van der Waals surface area contributed by atoms with E-state index in [9.17, 15) is 14.4 Å². The first-order valence-electron chi connectivity index (χ1n) is 7.07. The molecule has 0 aliphatic rings. The Morgan fingerprint density at radius 3 is 2.43 bits per heavy atom. The van der Waals surface area contributed by atoms with Gasteiger partial charge in [0, 0.05) is 12.8 Å². The molecule has 0 spiro atoms. The second-order valence-electron chi connectivity index (χ2n) is 4.78. The second kappa shape index (κ2) is 9.45. The standard InChI is InChI=1S/C16H21NO6/c1-21-12-6-4-5-11(9-12)10-13(16(20)23-3)17-14(18)7-8-15(19)22-2/h4-6,9,13H,7-8,10H2,1-3H3,(H,17,18)/t13-/m0/s1. The Labute approximate surface area is 134 Å². The fourth-order valence-electron chi connectivity index (χ4n) is 1.95. The number of nitrogens with one attached hydrogen (secondary N) is 1. The molecule has 23 heavy (non-hydrogen) atoms. The van der Waals surface area contributed by atoms with Crippen LogP contribution in [0.3, 0.4) is 0 Å². The molecule has 0 aliphatic carbocycles. The first-order chi connectivity index (χ1) is 11.0. The summed E-state index contributed by atoms with van der Waals surface area (Å²) in [4.78, 5) is 34.7. The Morgan fingerprint density at radius 2 is 1.83 bits per heavy atom. The molecule has 0 bridgehead atoms. The van der Waals surface area contributed by atoms with Crippen molar-refractivity contribution in [3.63, 3.8) is 0 Å². The van der Waals surface area contributed by atoms with E-state index in [4.69, 9.17) is 9.47 Å². The number of carbonyl (C=O) groups excluding carboxylic acids is 3. The smallest absolute Gasteiger partial charge is 0.328 e. The van der Waals surface area contributed by atoms with E-state index in [0.717, 1.165) is 5.56 Å². The molecule has 1 atom stereocenters. The highest BCUT2D eigenvalue weighted by Gasteiger charge is 2.22. The number of hydrogen-bond donors (Lipinski definition) is 1. The van der Waals surface area contributed by atoms with Crippen molar-refractivity contribution in [1.29, 1.82) is 0 Å². The van der Waals surface area contributed by atoms with Crippen LogP contribution >= 0.6 is 0 Å². The normalized spacial score (nSPS) is 11.3. The second-order valence-corrected chi connectivity index (χ2v) is 4.78. The Balaban J connectivity index is 2.70. The third-order valence-electron chi connectivity index (χ3n) is 3.18. The number of ether oxygens (including phenoxy) is 3. The van der Waals surface area contributed by atoms with Gasteiger partial charge in [-0.3, -0.25) is 9.59 Å². The third-order valence-corrected chi connectivity index (χ3v) is 3.18. The van der Waals surface area contributed by atoms with E-state index in [1.807, 2.05) is 6.07 Å². The molecule has 0 saturated heterocycles. The van der Waals surface area contributed by atoms with E-state index >= 15 is 0 Å². The summed E-state index contributed by atoms with van der Waals surface area (Å²) >= 11 is 0. The van der Waals surface area contributed by atoms with Crippen LogP contribution in [0.1, 0.15) is 18.4 Å². The molecular weight excluding hydrogens is 302 g/mol. The summed E-state index contributed by atoms with van der Waals surface area (Å²) in [6, 6.07) is 6.33. The van der Waals surface area contributed by atoms with E-state index in [2.05, 4.69) is 10.1 Å². The van der Waals surface area contributed by atoms with Crippen molar-refractivity contribution in [2.45, 2.75) is 25.3 Å². The quantitative estimate of drug-likeness (QED) is 0.713. The summed E-state index contributed by atoms with van der Waals surface area (Å²) in [5.41, 5.74) is 0.813. The predicted molar refractivity (Wildman–Crippen MR) is 81.9 cm³/mol. The lowest BCUT2D eigenvalue weighted by atomic mass is 10.1. The Kier molecular flexibility index (Phi) is 7.59. The minimum atomic E-state index is -0.836. The van der Waals surface area contributed by atoms with Crippen LogP contribution in [-0.2, 0) is 30.3 Å². The largest absolute Gasteiger partial charge is 0.497 e. The lowest BCUT2D eigenvalue weighted by Crippen LogP contribution is -2.43. The lowest BCUT2D eigenvalue weighted by molar-refractivity contribution is -0.145. The SMILES string of the molecule is COC(=O)CCC(=O)N[C@@H](Cc1cccc(OC)c1)C(=O)OC. The van der Waals surface area contributed by atoms with Gasteiger partial charge in [0.2, 0.25) is 5.91 Å². The first-order valence-corrected chi connectivity index (χ1v) is 7.07. The molecule has 0 aromatic heterocycles. The van der Waals surface area contributed by atoms with Crippen LogP contribution < -0.4 is 10.1 Å². The summed E-state index contributed by atoms with van der Waals surface area (Å²) in [6.07, 6.45) is 0.154. The van der Waals surface area contributed by atoms with Gasteiger partial charge in [0.1, 0.15) is 11.8 Å². The predicted octanol–water partition coefficient (Wildman–Crippen LogP) is 0.849. The molecule has 7 nitrogen and oxygen atoms in total. The zero-order valence-corrected chi connectivity index (χ0v) is 13.5. The van der Waals surface area contributed by atoms with E-state index in [1.165, 1.54) is 14.2 Å². The van der Waals surface area contributed by atoms with Gasteiger partial charge in [-0.2, -0.15) is 0 Å². The number of benzene rings is 1. The molecule has 1 aromatic rings. The topological polar surface area (TPSA) is 90.9 Å². The van der Waals surface area contributed by atoms with Gasteiger partial charge in [-0.15, -0.1) is 0 Å². The van der Waals surface area contributed by atoms with Crippen molar-refractivity contribution in [3.05, 3.63) is 29.8 Å². The molecule has 0 heterocycles. The van der Waals surface area contributed by atoms with Gasteiger partial charge >= 0.3 is 11.9 Å². The van der Waals surface area contributed by atoms with Crippen molar-refractivity contribution >= 4 is 17.8 Å². The zero-order valence-electron chi connectivity index (χ0n) is 13.5. The molecule has 0 radical (unpaired) electrons. The Hall–Kier alpha value is -2.57. The Morgan fingerprint density at radius 1 is 1.09 bits per heavy atom. The highest BCUT2D eigenvalue weighted by Crippen LogP contribution is 2.14. The summed E-state index contributed by atoms with van der Waals surface area (Å²) in [5.74, 6) is -0.807. The van der Waals surface area contributed by atoms with Crippen LogP contribution in [0.5, 0.6) is 5.75 Å². The summed E-state index contributed by atoms with van der Waals surface area (Å²) in [6.45, 7) is 0. The van der Waals surface area contributed by atoms with Gasteiger partial charge in [0.25, 0.3) is 0 Å². The molecule has 0 fully saturated rings. The van der Waals surface area contributed by atoms with E-state index in [1.54, 1.807) is 25.3 Å². The van der Waals surface area contributed by atoms with Crippen LogP contribution in [0.25, 0.3) is 0 Å². The van der Waals surface area contributed by atoms with Gasteiger partial charge < -0.3 is 19.5 Å². The van der Waals surface area contributed by atoms with Crippen molar-refractivity contribution in [2.75, 3.05) is 21.3 Å². The highest BCUT2D eigenvalue weighted by molar-refractivity contribution is 5.86. The third kappa shape index (κ3) is 6.37. The number of esters is 2. The van der Waals surface area contributed by atoms with E-state index < -0.39 is 23.9 Å². The molecule has 1 rings (SSSR count). The minimum Gasteiger partial charge on any atom is -0.497 e. The monoisotopic (exact) mass is 323 g/mol. The first kappa shape index (κ1) is 18.5. The number of amides is 1. The maximum atomic E-state index is 11.9. The molecule has 0 saturated carbocycles. The summed E-state index contributed by atoms with van der Waals surface area (Å²) in [5, 5.41) is 2.57. The maximum absolute atomic E-state index is 11.9. The van der Waals surface area contributed by atoms with Gasteiger partial charge in [0.15, 0.2) is 0 Å². The zero-order chi connectivity index (χ0) is 17.2. The van der Waals surface area contributed by atoms with Crippen LogP contribution in [-0.4, -0.2) is 45.2 Å². The van der Waals surface area contributed by atoms with Crippen molar-refractivity contribution < 1.29 is 28.6 Å². The van der Waals surface area contributed by atoms with Gasteiger partial charge in [-0.25, -0.2) is 4.79 Å². The number of methoxy groups -OCH3 is 3. The van der Waals surface area contributed by atoms with Gasteiger partial charge in [0.05, 0.1) is 27.8 Å². The van der Waals surface area contributed by atoms with E-state index in [-0.39, 0.29) is 19.3 Å². The van der Waals surface area contributed by atoms with Crippen molar-refractivity contribution in [2.24, 2.45) is 0 Å². The molecule has 1 aromatic carbocycles. The van der Waals surface area contributed by atoms with Crippen LogP contribution in [0.2, 0.25) is 0 Å². The van der Waals surface area contributed by atoms with Gasteiger partial charge in [-0.1, -0.05) is 12.1 Å². The fraction of sp³-hybridized carbons (Fsp3) is 0.438. The molecule has 0 aliphatic heterocycles. The van der Waals surface area contributed by atoms with E-state index in [0.29, 0.717) is 5.75 Å². The van der Waals surface area contributed by atoms with Gasteiger partial charge in [-0.05, 0) is 17.7 Å².